The second-order valence-electron chi connectivity index (χ2n) is 26.7. The molecular weight excluding hydrogens is 1070 g/mol. The van der Waals surface area contributed by atoms with Crippen LogP contribution < -0.4 is 5.32 Å². The number of carbonyl (C=O) groups excluding carboxylic acids is 2. The van der Waals surface area contributed by atoms with Crippen LogP contribution in [0.2, 0.25) is 0 Å². The molecule has 0 saturated heterocycles. The molecule has 0 aliphatic rings. The molecule has 0 aromatic heterocycles. The van der Waals surface area contributed by atoms with Crippen molar-refractivity contribution in [2.24, 2.45) is 0 Å². The molecule has 2 atom stereocenters. The third kappa shape index (κ3) is 72.5. The molecule has 510 valence electrons. The molecule has 0 aromatic rings. The molecule has 0 saturated carbocycles. The van der Waals surface area contributed by atoms with Crippen LogP contribution in [-0.4, -0.2) is 47.4 Å². The van der Waals surface area contributed by atoms with Crippen molar-refractivity contribution in [3.63, 3.8) is 0 Å². The topological polar surface area (TPSA) is 95.9 Å². The van der Waals surface area contributed by atoms with Gasteiger partial charge in [-0.15, -0.1) is 0 Å². The van der Waals surface area contributed by atoms with Crippen LogP contribution >= 0.6 is 0 Å². The minimum atomic E-state index is -0.843. The standard InChI is InChI=1S/C81H151NO5/c1-3-5-7-9-11-13-15-17-19-43-46-49-53-57-61-65-69-73-79(84)78(77-83)82-80(85)74-70-66-62-58-54-50-47-44-41-39-37-35-33-31-29-27-25-23-21-20-22-24-26-28-30-32-34-36-38-40-42-45-48-52-56-60-64-68-72-76-87-81(86)75-71-67-63-59-55-51-18-16-14-12-10-8-6-4-2/h10,12,16,18,20-21,24,26,69,73,78-79,83-84H,3-9,11,13-15,17,19,22-23,25,27-68,70-72,74-77H2,1-2H3,(H,82,85)/b12-10-,18-16-,21-20-,26-24-,73-69+. The fourth-order valence-electron chi connectivity index (χ4n) is 12.0. The number of hydrogen-bond donors (Lipinski definition) is 3. The SMILES string of the molecule is CCCC/C=C\C/C=C\CCCCCCCC(=O)OCCCCCCCCCCCCCCCCC/C=C\C/C=C\CCCCCCCCCCCCCCCCCCCC(=O)NC(CO)C(O)/C=C/CCCCCCCCCCCCCCCCC. The molecule has 0 bridgehead atoms. The van der Waals surface area contributed by atoms with Gasteiger partial charge in [0.1, 0.15) is 0 Å². The van der Waals surface area contributed by atoms with E-state index in [1.807, 2.05) is 6.08 Å². The van der Waals surface area contributed by atoms with Gasteiger partial charge in [0.05, 0.1) is 25.4 Å². The minimum absolute atomic E-state index is 0.00547. The lowest BCUT2D eigenvalue weighted by Crippen LogP contribution is -2.45. The molecule has 87 heavy (non-hydrogen) atoms. The van der Waals surface area contributed by atoms with Gasteiger partial charge >= 0.3 is 5.97 Å². The monoisotopic (exact) mass is 1220 g/mol. The zero-order valence-corrected chi connectivity index (χ0v) is 58.5. The summed E-state index contributed by atoms with van der Waals surface area (Å²) >= 11 is 0. The first-order chi connectivity index (χ1) is 43.0. The van der Waals surface area contributed by atoms with Crippen LogP contribution in [0.1, 0.15) is 418 Å². The molecule has 6 heteroatoms. The van der Waals surface area contributed by atoms with Crippen molar-refractivity contribution in [1.82, 2.24) is 5.32 Å². The van der Waals surface area contributed by atoms with Crippen molar-refractivity contribution >= 4 is 11.9 Å². The Bertz CT molecular complexity index is 1500. The third-order valence-corrected chi connectivity index (χ3v) is 18.0. The van der Waals surface area contributed by atoms with Gasteiger partial charge in [-0.3, -0.25) is 9.59 Å². The number of rotatable bonds is 73. The number of ether oxygens (including phenoxy) is 1. The molecule has 6 nitrogen and oxygen atoms in total. The molecule has 0 aliphatic heterocycles. The summed E-state index contributed by atoms with van der Waals surface area (Å²) in [6.07, 6.45) is 102. The summed E-state index contributed by atoms with van der Waals surface area (Å²) in [5.74, 6) is -0.0567. The summed E-state index contributed by atoms with van der Waals surface area (Å²) in [6.45, 7) is 4.89. The predicted molar refractivity (Wildman–Crippen MR) is 384 cm³/mol. The Hall–Kier alpha value is -2.44. The van der Waals surface area contributed by atoms with E-state index < -0.39 is 12.1 Å². The highest BCUT2D eigenvalue weighted by molar-refractivity contribution is 5.76. The van der Waals surface area contributed by atoms with Gasteiger partial charge in [0.15, 0.2) is 0 Å². The first-order valence-electron chi connectivity index (χ1n) is 39.1. The number of aliphatic hydroxyl groups is 2. The molecule has 1 amide bonds. The van der Waals surface area contributed by atoms with Gasteiger partial charge in [0, 0.05) is 12.8 Å². The van der Waals surface area contributed by atoms with Gasteiger partial charge in [-0.25, -0.2) is 0 Å². The zero-order valence-electron chi connectivity index (χ0n) is 58.5. The number of carbonyl (C=O) groups is 2. The van der Waals surface area contributed by atoms with Crippen LogP contribution in [0.15, 0.2) is 60.8 Å². The van der Waals surface area contributed by atoms with E-state index in [0.29, 0.717) is 19.4 Å². The second-order valence-corrected chi connectivity index (χ2v) is 26.7. The zero-order chi connectivity index (χ0) is 62.8. The predicted octanol–water partition coefficient (Wildman–Crippen LogP) is 25.8. The highest BCUT2D eigenvalue weighted by Crippen LogP contribution is 2.19. The van der Waals surface area contributed by atoms with E-state index in [4.69, 9.17) is 4.74 Å². The highest BCUT2D eigenvalue weighted by Gasteiger charge is 2.18. The van der Waals surface area contributed by atoms with E-state index >= 15 is 0 Å². The molecule has 0 rings (SSSR count). The Morgan fingerprint density at radius 2 is 0.586 bits per heavy atom. The molecule has 3 N–H and O–H groups in total. The van der Waals surface area contributed by atoms with E-state index in [1.165, 1.54) is 334 Å². The summed E-state index contributed by atoms with van der Waals surface area (Å²) in [4.78, 5) is 24.6. The number of amides is 1. The molecule has 2 unspecified atom stereocenters. The van der Waals surface area contributed by atoms with Crippen LogP contribution in [-0.2, 0) is 14.3 Å². The Labute approximate surface area is 543 Å². The van der Waals surface area contributed by atoms with Crippen molar-refractivity contribution in [2.45, 2.75) is 431 Å². The smallest absolute Gasteiger partial charge is 0.305 e. The average molecular weight is 1220 g/mol. The lowest BCUT2D eigenvalue weighted by atomic mass is 10.0. The number of nitrogens with one attached hydrogen (secondary N) is 1. The van der Waals surface area contributed by atoms with Gasteiger partial charge in [0.25, 0.3) is 0 Å². The molecule has 0 aromatic carbocycles. The maximum absolute atomic E-state index is 12.5. The van der Waals surface area contributed by atoms with E-state index in [0.717, 1.165) is 57.8 Å². The lowest BCUT2D eigenvalue weighted by molar-refractivity contribution is -0.143. The highest BCUT2D eigenvalue weighted by atomic mass is 16.5. The van der Waals surface area contributed by atoms with Gasteiger partial charge in [0.2, 0.25) is 5.91 Å². The van der Waals surface area contributed by atoms with E-state index in [9.17, 15) is 19.8 Å². The molecule has 0 spiro atoms. The fourth-order valence-corrected chi connectivity index (χ4v) is 12.0. The largest absolute Gasteiger partial charge is 0.466 e. The lowest BCUT2D eigenvalue weighted by Gasteiger charge is -2.20. The van der Waals surface area contributed by atoms with Crippen molar-refractivity contribution in [3.8, 4) is 0 Å². The minimum Gasteiger partial charge on any atom is -0.466 e. The van der Waals surface area contributed by atoms with Crippen molar-refractivity contribution in [2.75, 3.05) is 13.2 Å². The van der Waals surface area contributed by atoms with Gasteiger partial charge in [-0.1, -0.05) is 376 Å². The fraction of sp³-hybridized carbons (Fsp3) is 0.852. The number of unbranched alkanes of at least 4 members (excludes halogenated alkanes) is 54. The second kappa shape index (κ2) is 76.0. The van der Waals surface area contributed by atoms with E-state index in [1.54, 1.807) is 6.08 Å². The van der Waals surface area contributed by atoms with Gasteiger partial charge in [-0.2, -0.15) is 0 Å². The van der Waals surface area contributed by atoms with E-state index in [-0.39, 0.29) is 18.5 Å². The molecule has 0 aliphatic carbocycles. The van der Waals surface area contributed by atoms with Gasteiger partial charge in [-0.05, 0) is 89.9 Å². The Kier molecular flexibility index (Phi) is 73.9. The molecule has 0 radical (unpaired) electrons. The summed E-state index contributed by atoms with van der Waals surface area (Å²) in [7, 11) is 0. The Morgan fingerprint density at radius 1 is 0.322 bits per heavy atom. The van der Waals surface area contributed by atoms with Crippen LogP contribution in [0.25, 0.3) is 0 Å². The molecule has 0 heterocycles. The van der Waals surface area contributed by atoms with Gasteiger partial charge < -0.3 is 20.3 Å². The van der Waals surface area contributed by atoms with Crippen molar-refractivity contribution in [3.05, 3.63) is 60.8 Å². The number of esters is 1. The first-order valence-corrected chi connectivity index (χ1v) is 39.1. The maximum atomic E-state index is 12.5. The summed E-state index contributed by atoms with van der Waals surface area (Å²) in [6, 6.07) is -0.627. The van der Waals surface area contributed by atoms with Crippen LogP contribution in [0, 0.1) is 0 Å². The van der Waals surface area contributed by atoms with Crippen molar-refractivity contribution in [1.29, 1.82) is 0 Å². The van der Waals surface area contributed by atoms with Crippen LogP contribution in [0.3, 0.4) is 0 Å². The average Bonchev–Trinajstić information content (AvgIpc) is 3.54. The van der Waals surface area contributed by atoms with Crippen LogP contribution in [0.4, 0.5) is 0 Å². The normalized spacial score (nSPS) is 12.8. The molecule has 0 fully saturated rings. The van der Waals surface area contributed by atoms with Crippen LogP contribution in [0.5, 0.6) is 0 Å². The maximum Gasteiger partial charge on any atom is 0.305 e. The van der Waals surface area contributed by atoms with Crippen molar-refractivity contribution < 1.29 is 24.5 Å². The summed E-state index contributed by atoms with van der Waals surface area (Å²) < 4.78 is 5.49. The number of hydrogen-bond acceptors (Lipinski definition) is 5. The Morgan fingerprint density at radius 3 is 0.908 bits per heavy atom. The first kappa shape index (κ1) is 84.6. The third-order valence-electron chi connectivity index (χ3n) is 18.0. The number of aliphatic hydroxyl groups excluding tert-OH is 2. The Balaban J connectivity index is 3.37. The summed E-state index contributed by atoms with van der Waals surface area (Å²) in [5.41, 5.74) is 0. The molecular formula is C81H151NO5. The van der Waals surface area contributed by atoms with E-state index in [2.05, 4.69) is 67.8 Å². The number of allylic oxidation sites excluding steroid dienone is 9. The quantitative estimate of drug-likeness (QED) is 0.0320. The summed E-state index contributed by atoms with van der Waals surface area (Å²) in [5, 5.41) is 23.2.